The Kier molecular flexibility index (Phi) is 5.35. The third kappa shape index (κ3) is 4.33. The monoisotopic (exact) mass is 288 g/mol. The van der Waals surface area contributed by atoms with Crippen LogP contribution < -0.4 is 4.74 Å². The molecule has 21 heavy (non-hydrogen) atoms. The van der Waals surface area contributed by atoms with Crippen molar-refractivity contribution in [3.05, 3.63) is 47.8 Å². The second-order valence-electron chi connectivity index (χ2n) is 4.47. The van der Waals surface area contributed by atoms with Crippen molar-refractivity contribution >= 4 is 0 Å². The number of benzene rings is 1. The predicted octanol–water partition coefficient (Wildman–Crippen LogP) is 1.91. The average molecular weight is 288 g/mol. The molecule has 1 heterocycles. The smallest absolute Gasteiger partial charge is 0.142 e. The fourth-order valence-corrected chi connectivity index (χ4v) is 1.80. The van der Waals surface area contributed by atoms with Gasteiger partial charge in [0.2, 0.25) is 0 Å². The zero-order valence-electron chi connectivity index (χ0n) is 11.8. The van der Waals surface area contributed by atoms with Gasteiger partial charge < -0.3 is 14.4 Å². The SMILES string of the molecule is Cn1ccnc1CCOc1ccc(C#CCCO)c(F)c1. The lowest BCUT2D eigenvalue weighted by atomic mass is 10.2. The van der Waals surface area contributed by atoms with E-state index in [2.05, 4.69) is 16.8 Å². The van der Waals surface area contributed by atoms with Gasteiger partial charge in [-0.05, 0) is 12.1 Å². The molecule has 0 saturated heterocycles. The van der Waals surface area contributed by atoms with Gasteiger partial charge in [0.1, 0.15) is 17.4 Å². The van der Waals surface area contributed by atoms with E-state index in [0.717, 1.165) is 5.82 Å². The summed E-state index contributed by atoms with van der Waals surface area (Å²) in [6.07, 6.45) is 4.59. The molecule has 0 radical (unpaired) electrons. The van der Waals surface area contributed by atoms with Crippen LogP contribution in [0.25, 0.3) is 0 Å². The Bertz CT molecular complexity index is 656. The van der Waals surface area contributed by atoms with Crippen molar-refractivity contribution in [3.8, 4) is 17.6 Å². The zero-order valence-corrected chi connectivity index (χ0v) is 11.8. The highest BCUT2D eigenvalue weighted by molar-refractivity contribution is 5.39. The molecule has 1 N–H and O–H groups in total. The molecule has 2 rings (SSSR count). The van der Waals surface area contributed by atoms with Gasteiger partial charge in [-0.2, -0.15) is 0 Å². The molecule has 5 heteroatoms. The number of aliphatic hydroxyl groups is 1. The predicted molar refractivity (Wildman–Crippen MR) is 77.4 cm³/mol. The van der Waals surface area contributed by atoms with Crippen molar-refractivity contribution in [3.63, 3.8) is 0 Å². The van der Waals surface area contributed by atoms with Crippen LogP contribution in [0.2, 0.25) is 0 Å². The van der Waals surface area contributed by atoms with Crippen LogP contribution in [-0.4, -0.2) is 27.9 Å². The number of hydrogen-bond acceptors (Lipinski definition) is 3. The number of ether oxygens (including phenoxy) is 1. The summed E-state index contributed by atoms with van der Waals surface area (Å²) in [5.74, 6) is 6.33. The molecule has 0 spiro atoms. The number of aryl methyl sites for hydroxylation is 1. The first-order valence-electron chi connectivity index (χ1n) is 6.69. The first kappa shape index (κ1) is 15.1. The van der Waals surface area contributed by atoms with Crippen LogP contribution in [0, 0.1) is 17.7 Å². The summed E-state index contributed by atoms with van der Waals surface area (Å²) in [7, 11) is 1.92. The fraction of sp³-hybridized carbons (Fsp3) is 0.312. The zero-order chi connectivity index (χ0) is 15.1. The molecule has 1 aromatic carbocycles. The van der Waals surface area contributed by atoms with E-state index in [1.165, 1.54) is 6.07 Å². The van der Waals surface area contributed by atoms with Gasteiger partial charge in [0.25, 0.3) is 0 Å². The summed E-state index contributed by atoms with van der Waals surface area (Å²) >= 11 is 0. The third-order valence-corrected chi connectivity index (χ3v) is 2.92. The van der Waals surface area contributed by atoms with Crippen molar-refractivity contribution in [2.45, 2.75) is 12.8 Å². The maximum absolute atomic E-state index is 13.8. The molecule has 0 bridgehead atoms. The van der Waals surface area contributed by atoms with Gasteiger partial charge in [-0.1, -0.05) is 11.8 Å². The van der Waals surface area contributed by atoms with Crippen LogP contribution in [0.4, 0.5) is 4.39 Å². The van der Waals surface area contributed by atoms with E-state index >= 15 is 0 Å². The fourth-order valence-electron chi connectivity index (χ4n) is 1.80. The normalized spacial score (nSPS) is 10.0. The molecule has 1 aromatic heterocycles. The highest BCUT2D eigenvalue weighted by Crippen LogP contribution is 2.16. The number of hydrogen-bond donors (Lipinski definition) is 1. The second-order valence-corrected chi connectivity index (χ2v) is 4.47. The molecule has 0 unspecified atom stereocenters. The quantitative estimate of drug-likeness (QED) is 0.855. The van der Waals surface area contributed by atoms with E-state index in [0.29, 0.717) is 30.8 Å². The third-order valence-electron chi connectivity index (χ3n) is 2.92. The van der Waals surface area contributed by atoms with Gasteiger partial charge in [0.05, 0.1) is 18.8 Å². The largest absolute Gasteiger partial charge is 0.493 e. The van der Waals surface area contributed by atoms with Gasteiger partial charge in [-0.25, -0.2) is 9.37 Å². The van der Waals surface area contributed by atoms with Crippen molar-refractivity contribution in [2.24, 2.45) is 7.05 Å². The molecule has 2 aromatic rings. The highest BCUT2D eigenvalue weighted by Gasteiger charge is 2.04. The Morgan fingerprint density at radius 3 is 2.95 bits per heavy atom. The van der Waals surface area contributed by atoms with Crippen molar-refractivity contribution in [1.82, 2.24) is 9.55 Å². The summed E-state index contributed by atoms with van der Waals surface area (Å²) in [6, 6.07) is 4.58. The van der Waals surface area contributed by atoms with Crippen LogP contribution in [0.3, 0.4) is 0 Å². The van der Waals surface area contributed by atoms with Gasteiger partial charge in [0, 0.05) is 38.3 Å². The van der Waals surface area contributed by atoms with E-state index in [1.54, 1.807) is 18.3 Å². The molecule has 0 aliphatic rings. The van der Waals surface area contributed by atoms with Gasteiger partial charge >= 0.3 is 0 Å². The van der Waals surface area contributed by atoms with E-state index in [9.17, 15) is 4.39 Å². The van der Waals surface area contributed by atoms with Gasteiger partial charge in [0.15, 0.2) is 0 Å². The standard InChI is InChI=1S/C16H17FN2O2/c1-19-9-8-18-16(19)7-11-21-14-6-5-13(15(17)12-14)4-2-3-10-20/h5-6,8-9,12,20H,3,7,10-11H2,1H3. The van der Waals surface area contributed by atoms with E-state index in [-0.39, 0.29) is 6.61 Å². The first-order chi connectivity index (χ1) is 10.2. The molecule has 0 fully saturated rings. The maximum Gasteiger partial charge on any atom is 0.142 e. The molecule has 0 saturated carbocycles. The summed E-state index contributed by atoms with van der Waals surface area (Å²) in [6.45, 7) is 0.406. The Morgan fingerprint density at radius 2 is 2.29 bits per heavy atom. The molecular formula is C16H17FN2O2. The molecule has 0 amide bonds. The van der Waals surface area contributed by atoms with Crippen LogP contribution in [0.5, 0.6) is 5.75 Å². The van der Waals surface area contributed by atoms with Crippen LogP contribution in [0.1, 0.15) is 17.8 Å². The molecular weight excluding hydrogens is 271 g/mol. The van der Waals surface area contributed by atoms with Crippen LogP contribution >= 0.6 is 0 Å². The second kappa shape index (κ2) is 7.46. The molecule has 4 nitrogen and oxygen atoms in total. The Balaban J connectivity index is 1.91. The lowest BCUT2D eigenvalue weighted by Gasteiger charge is -2.07. The minimum atomic E-state index is -0.421. The molecule has 0 atom stereocenters. The Morgan fingerprint density at radius 1 is 1.43 bits per heavy atom. The summed E-state index contributed by atoms with van der Waals surface area (Å²) < 4.78 is 21.2. The van der Waals surface area contributed by atoms with E-state index in [4.69, 9.17) is 9.84 Å². The van der Waals surface area contributed by atoms with E-state index < -0.39 is 5.82 Å². The summed E-state index contributed by atoms with van der Waals surface area (Å²) in [5.41, 5.74) is 0.305. The van der Waals surface area contributed by atoms with Crippen molar-refractivity contribution in [2.75, 3.05) is 13.2 Å². The summed E-state index contributed by atoms with van der Waals surface area (Å²) in [5, 5.41) is 8.63. The lowest BCUT2D eigenvalue weighted by molar-refractivity contribution is 0.305. The topological polar surface area (TPSA) is 47.3 Å². The van der Waals surface area contributed by atoms with Crippen LogP contribution in [-0.2, 0) is 13.5 Å². The summed E-state index contributed by atoms with van der Waals surface area (Å²) in [4.78, 5) is 4.19. The maximum atomic E-state index is 13.8. The molecule has 110 valence electrons. The highest BCUT2D eigenvalue weighted by atomic mass is 19.1. The number of rotatable bonds is 5. The first-order valence-corrected chi connectivity index (χ1v) is 6.69. The number of nitrogens with zero attached hydrogens (tertiary/aromatic N) is 2. The number of imidazole rings is 1. The number of aromatic nitrogens is 2. The van der Waals surface area contributed by atoms with Crippen LogP contribution in [0.15, 0.2) is 30.6 Å². The van der Waals surface area contributed by atoms with Gasteiger partial charge in [-0.3, -0.25) is 0 Å². The number of aliphatic hydroxyl groups excluding tert-OH is 1. The molecule has 0 aliphatic carbocycles. The Hall–Kier alpha value is -2.32. The average Bonchev–Trinajstić information content (AvgIpc) is 2.87. The van der Waals surface area contributed by atoms with Gasteiger partial charge in [-0.15, -0.1) is 0 Å². The van der Waals surface area contributed by atoms with Crippen molar-refractivity contribution in [1.29, 1.82) is 0 Å². The minimum absolute atomic E-state index is 0.0248. The Labute approximate surface area is 123 Å². The lowest BCUT2D eigenvalue weighted by Crippen LogP contribution is -2.06. The van der Waals surface area contributed by atoms with E-state index in [1.807, 2.05) is 17.8 Å². The minimum Gasteiger partial charge on any atom is -0.493 e. The number of halogens is 1. The van der Waals surface area contributed by atoms with Crippen molar-refractivity contribution < 1.29 is 14.2 Å². The molecule has 0 aliphatic heterocycles.